The molecular formula is C16H26N2O2. The summed E-state index contributed by atoms with van der Waals surface area (Å²) in [7, 11) is 0. The fraction of sp³-hybridized carbons (Fsp3) is 0.688. The summed E-state index contributed by atoms with van der Waals surface area (Å²) in [6.07, 6.45) is 5.47. The molecule has 0 saturated carbocycles. The zero-order chi connectivity index (χ0) is 14.5. The Hall–Kier alpha value is -1.29. The van der Waals surface area contributed by atoms with Crippen LogP contribution in [-0.4, -0.2) is 41.1 Å². The Balaban J connectivity index is 2.05. The molecule has 1 saturated heterocycles. The summed E-state index contributed by atoms with van der Waals surface area (Å²) in [6.45, 7) is 7.90. The molecule has 1 fully saturated rings. The van der Waals surface area contributed by atoms with Crippen LogP contribution < -0.4 is 0 Å². The number of ether oxygens (including phenoxy) is 1. The minimum absolute atomic E-state index is 0.0884. The molecule has 1 aromatic heterocycles. The maximum absolute atomic E-state index is 12.5. The molecule has 20 heavy (non-hydrogen) atoms. The van der Waals surface area contributed by atoms with Crippen molar-refractivity contribution >= 4 is 5.91 Å². The third-order valence-electron chi connectivity index (χ3n) is 3.93. The Labute approximate surface area is 121 Å². The molecule has 2 heterocycles. The number of aromatic nitrogens is 1. The summed E-state index contributed by atoms with van der Waals surface area (Å²) in [6, 6.07) is 3.70. The van der Waals surface area contributed by atoms with Gasteiger partial charge in [-0.15, -0.1) is 0 Å². The second-order valence-corrected chi connectivity index (χ2v) is 5.98. The average molecular weight is 278 g/mol. The van der Waals surface area contributed by atoms with Gasteiger partial charge in [0, 0.05) is 19.3 Å². The van der Waals surface area contributed by atoms with Gasteiger partial charge in [0.15, 0.2) is 0 Å². The molecule has 1 aliphatic rings. The summed E-state index contributed by atoms with van der Waals surface area (Å²) >= 11 is 0. The first-order valence-electron chi connectivity index (χ1n) is 7.70. The van der Waals surface area contributed by atoms with Crippen molar-refractivity contribution in [2.45, 2.75) is 52.2 Å². The maximum Gasteiger partial charge on any atom is 0.270 e. The van der Waals surface area contributed by atoms with Gasteiger partial charge in [-0.25, -0.2) is 0 Å². The van der Waals surface area contributed by atoms with Gasteiger partial charge in [-0.1, -0.05) is 33.6 Å². The van der Waals surface area contributed by atoms with Crippen LogP contribution in [0, 0.1) is 5.92 Å². The fourth-order valence-corrected chi connectivity index (χ4v) is 2.63. The van der Waals surface area contributed by atoms with E-state index in [0.717, 1.165) is 19.3 Å². The highest BCUT2D eigenvalue weighted by atomic mass is 16.5. The topological polar surface area (TPSA) is 45.3 Å². The van der Waals surface area contributed by atoms with Crippen molar-refractivity contribution in [2.75, 3.05) is 13.1 Å². The van der Waals surface area contributed by atoms with Crippen molar-refractivity contribution < 1.29 is 9.53 Å². The van der Waals surface area contributed by atoms with Gasteiger partial charge in [-0.2, -0.15) is 0 Å². The predicted octanol–water partition coefficient (Wildman–Crippen LogP) is 3.07. The minimum atomic E-state index is 0.0884. The summed E-state index contributed by atoms with van der Waals surface area (Å²) in [5, 5.41) is 0. The zero-order valence-corrected chi connectivity index (χ0v) is 12.8. The second-order valence-electron chi connectivity index (χ2n) is 5.98. The van der Waals surface area contributed by atoms with E-state index in [4.69, 9.17) is 4.74 Å². The Morgan fingerprint density at radius 2 is 2.30 bits per heavy atom. The number of amides is 1. The molecule has 2 rings (SSSR count). The Kier molecular flexibility index (Phi) is 5.24. The highest BCUT2D eigenvalue weighted by Gasteiger charge is 2.32. The standard InChI is InChI=1S/C16H26N2O2/c1-4-5-7-13-10-18(11-15(20-13)12(2)3)16(19)14-8-6-9-17-14/h6,8-9,12-13,15,17H,4-5,7,10-11H2,1-3H3/t13-,15-/m1/s1. The lowest BCUT2D eigenvalue weighted by Gasteiger charge is -2.39. The van der Waals surface area contributed by atoms with Crippen molar-refractivity contribution in [1.29, 1.82) is 0 Å². The van der Waals surface area contributed by atoms with Crippen molar-refractivity contribution in [2.24, 2.45) is 5.92 Å². The van der Waals surface area contributed by atoms with E-state index in [9.17, 15) is 4.79 Å². The van der Waals surface area contributed by atoms with Crippen LogP contribution in [0.15, 0.2) is 18.3 Å². The lowest BCUT2D eigenvalue weighted by atomic mass is 10.0. The number of morpholine rings is 1. The molecule has 1 N–H and O–H groups in total. The van der Waals surface area contributed by atoms with Gasteiger partial charge in [-0.05, 0) is 24.5 Å². The molecule has 1 amide bonds. The molecule has 0 spiro atoms. The number of H-pyrrole nitrogens is 1. The molecule has 112 valence electrons. The van der Waals surface area contributed by atoms with Crippen LogP contribution in [0.1, 0.15) is 50.5 Å². The van der Waals surface area contributed by atoms with Gasteiger partial charge in [0.05, 0.1) is 12.2 Å². The smallest absolute Gasteiger partial charge is 0.270 e. The largest absolute Gasteiger partial charge is 0.371 e. The Morgan fingerprint density at radius 3 is 2.90 bits per heavy atom. The highest BCUT2D eigenvalue weighted by molar-refractivity contribution is 5.92. The number of hydrogen-bond donors (Lipinski definition) is 1. The molecule has 2 atom stereocenters. The number of nitrogens with zero attached hydrogens (tertiary/aromatic N) is 1. The number of nitrogens with one attached hydrogen (secondary N) is 1. The van der Waals surface area contributed by atoms with Crippen molar-refractivity contribution in [3.05, 3.63) is 24.0 Å². The van der Waals surface area contributed by atoms with Gasteiger partial charge in [-0.3, -0.25) is 4.79 Å². The number of rotatable bonds is 5. The Morgan fingerprint density at radius 1 is 1.50 bits per heavy atom. The number of carbonyl (C=O) groups excluding carboxylic acids is 1. The number of carbonyl (C=O) groups is 1. The molecule has 0 bridgehead atoms. The Bertz CT molecular complexity index is 414. The summed E-state index contributed by atoms with van der Waals surface area (Å²) < 4.78 is 6.14. The third-order valence-corrected chi connectivity index (χ3v) is 3.93. The van der Waals surface area contributed by atoms with Crippen LogP contribution in [0.4, 0.5) is 0 Å². The zero-order valence-electron chi connectivity index (χ0n) is 12.8. The van der Waals surface area contributed by atoms with Crippen LogP contribution in [0.25, 0.3) is 0 Å². The molecule has 0 aliphatic carbocycles. The first-order valence-corrected chi connectivity index (χ1v) is 7.70. The van der Waals surface area contributed by atoms with Crippen molar-refractivity contribution in [1.82, 2.24) is 9.88 Å². The summed E-state index contributed by atoms with van der Waals surface area (Å²) in [4.78, 5) is 17.4. The maximum atomic E-state index is 12.5. The van der Waals surface area contributed by atoms with E-state index in [-0.39, 0.29) is 18.1 Å². The third kappa shape index (κ3) is 3.63. The predicted molar refractivity (Wildman–Crippen MR) is 79.7 cm³/mol. The molecule has 1 aromatic rings. The van der Waals surface area contributed by atoms with E-state index < -0.39 is 0 Å². The molecular weight excluding hydrogens is 252 g/mol. The normalized spacial score (nSPS) is 23.3. The molecule has 1 aliphatic heterocycles. The lowest BCUT2D eigenvalue weighted by molar-refractivity contribution is -0.0963. The van der Waals surface area contributed by atoms with Crippen molar-refractivity contribution in [3.63, 3.8) is 0 Å². The molecule has 0 radical (unpaired) electrons. The highest BCUT2D eigenvalue weighted by Crippen LogP contribution is 2.22. The quantitative estimate of drug-likeness (QED) is 0.899. The second kappa shape index (κ2) is 6.93. The van der Waals surface area contributed by atoms with E-state index in [1.807, 2.05) is 17.0 Å². The van der Waals surface area contributed by atoms with Crippen LogP contribution in [0.3, 0.4) is 0 Å². The van der Waals surface area contributed by atoms with E-state index in [2.05, 4.69) is 25.8 Å². The van der Waals surface area contributed by atoms with Crippen LogP contribution >= 0.6 is 0 Å². The first-order chi connectivity index (χ1) is 9.61. The summed E-state index contributed by atoms with van der Waals surface area (Å²) in [5.41, 5.74) is 0.670. The van der Waals surface area contributed by atoms with E-state index in [0.29, 0.717) is 24.7 Å². The van der Waals surface area contributed by atoms with Gasteiger partial charge in [0.25, 0.3) is 5.91 Å². The molecule has 4 nitrogen and oxygen atoms in total. The van der Waals surface area contributed by atoms with Gasteiger partial charge >= 0.3 is 0 Å². The molecule has 4 heteroatoms. The lowest BCUT2D eigenvalue weighted by Crippen LogP contribution is -2.51. The monoisotopic (exact) mass is 278 g/mol. The van der Waals surface area contributed by atoms with Gasteiger partial charge < -0.3 is 14.6 Å². The van der Waals surface area contributed by atoms with E-state index in [1.54, 1.807) is 6.20 Å². The summed E-state index contributed by atoms with van der Waals surface area (Å²) in [5.74, 6) is 0.517. The van der Waals surface area contributed by atoms with Crippen molar-refractivity contribution in [3.8, 4) is 0 Å². The molecule has 0 unspecified atom stereocenters. The van der Waals surface area contributed by atoms with Crippen LogP contribution in [0.5, 0.6) is 0 Å². The SMILES string of the molecule is CCCC[C@@H]1CN(C(=O)c2ccc[nH]2)C[C@H](C(C)C)O1. The van der Waals surface area contributed by atoms with Crippen LogP contribution in [-0.2, 0) is 4.74 Å². The number of aromatic amines is 1. The van der Waals surface area contributed by atoms with E-state index >= 15 is 0 Å². The van der Waals surface area contributed by atoms with Gasteiger partial charge in [0.2, 0.25) is 0 Å². The van der Waals surface area contributed by atoms with Crippen LogP contribution in [0.2, 0.25) is 0 Å². The average Bonchev–Trinajstić information content (AvgIpc) is 2.98. The first kappa shape index (κ1) is 15.1. The number of unbranched alkanes of at least 4 members (excludes halogenated alkanes) is 1. The fourth-order valence-electron chi connectivity index (χ4n) is 2.63. The number of hydrogen-bond acceptors (Lipinski definition) is 2. The minimum Gasteiger partial charge on any atom is -0.371 e. The molecule has 0 aromatic carbocycles. The van der Waals surface area contributed by atoms with E-state index in [1.165, 1.54) is 0 Å². The van der Waals surface area contributed by atoms with Gasteiger partial charge in [0.1, 0.15) is 5.69 Å².